The molecule has 0 aliphatic heterocycles. The van der Waals surface area contributed by atoms with Crippen molar-refractivity contribution in [1.29, 1.82) is 0 Å². The molecular weight excluding hydrogens is 269 g/mol. The molecule has 0 spiro atoms. The van der Waals surface area contributed by atoms with Crippen molar-refractivity contribution in [3.05, 3.63) is 51.8 Å². The highest BCUT2D eigenvalue weighted by atomic mass is 35.5. The lowest BCUT2D eigenvalue weighted by atomic mass is 9.97. The second-order valence-corrected chi connectivity index (χ2v) is 5.24. The molecule has 2 nitrogen and oxygen atoms in total. The van der Waals surface area contributed by atoms with E-state index in [-0.39, 0.29) is 5.78 Å². The first kappa shape index (κ1) is 11.8. The molecule has 0 saturated carbocycles. The number of benzene rings is 1. The van der Waals surface area contributed by atoms with Crippen LogP contribution < -0.4 is 0 Å². The monoisotopic (exact) mass is 279 g/mol. The number of ketones is 1. The quantitative estimate of drug-likeness (QED) is 0.763. The van der Waals surface area contributed by atoms with Crippen LogP contribution in [0, 0.1) is 0 Å². The molecule has 0 fully saturated rings. The molecule has 92 valence electrons. The molecule has 0 amide bonds. The van der Waals surface area contributed by atoms with E-state index in [1.54, 1.807) is 6.07 Å². The molecule has 0 atom stereocenters. The van der Waals surface area contributed by atoms with Crippen LogP contribution in [-0.2, 0) is 6.42 Å². The zero-order chi connectivity index (χ0) is 12.7. The SMILES string of the molecule is O=C1CCCc2c1ccn2-c1ccc(Cl)c(Cl)c1. The smallest absolute Gasteiger partial charge is 0.164 e. The molecule has 0 radical (unpaired) electrons. The number of rotatable bonds is 1. The summed E-state index contributed by atoms with van der Waals surface area (Å²) in [5, 5.41) is 1.07. The molecule has 0 unspecified atom stereocenters. The minimum absolute atomic E-state index is 0.232. The van der Waals surface area contributed by atoms with Gasteiger partial charge in [0.05, 0.1) is 10.0 Å². The zero-order valence-corrected chi connectivity index (χ0v) is 11.1. The number of hydrogen-bond acceptors (Lipinski definition) is 1. The Morgan fingerprint density at radius 1 is 1.06 bits per heavy atom. The number of carbonyl (C=O) groups excluding carboxylic acids is 1. The summed E-state index contributed by atoms with van der Waals surface area (Å²) >= 11 is 11.9. The van der Waals surface area contributed by atoms with Gasteiger partial charge < -0.3 is 4.57 Å². The average molecular weight is 280 g/mol. The van der Waals surface area contributed by atoms with Crippen molar-refractivity contribution in [3.63, 3.8) is 0 Å². The van der Waals surface area contributed by atoms with Crippen molar-refractivity contribution in [2.75, 3.05) is 0 Å². The molecule has 1 aromatic heterocycles. The number of nitrogens with zero attached hydrogens (tertiary/aromatic N) is 1. The van der Waals surface area contributed by atoms with Crippen LogP contribution in [0.5, 0.6) is 0 Å². The fourth-order valence-electron chi connectivity index (χ4n) is 2.40. The number of halogens is 2. The van der Waals surface area contributed by atoms with Crippen LogP contribution in [0.15, 0.2) is 30.5 Å². The highest BCUT2D eigenvalue weighted by Gasteiger charge is 2.21. The van der Waals surface area contributed by atoms with E-state index in [4.69, 9.17) is 23.2 Å². The minimum Gasteiger partial charge on any atom is -0.320 e. The van der Waals surface area contributed by atoms with Crippen molar-refractivity contribution < 1.29 is 4.79 Å². The standard InChI is InChI=1S/C14H11Cl2NO/c15-11-5-4-9(8-12(11)16)17-7-6-10-13(17)2-1-3-14(10)18/h4-8H,1-3H2. The molecule has 4 heteroatoms. The van der Waals surface area contributed by atoms with Gasteiger partial charge in [-0.25, -0.2) is 0 Å². The van der Waals surface area contributed by atoms with Gasteiger partial charge in [-0.2, -0.15) is 0 Å². The van der Waals surface area contributed by atoms with Gasteiger partial charge in [0, 0.05) is 29.6 Å². The summed E-state index contributed by atoms with van der Waals surface area (Å²) in [5.74, 6) is 0.232. The van der Waals surface area contributed by atoms with Crippen molar-refractivity contribution in [2.45, 2.75) is 19.3 Å². The van der Waals surface area contributed by atoms with Gasteiger partial charge in [0.15, 0.2) is 5.78 Å². The Morgan fingerprint density at radius 2 is 1.89 bits per heavy atom. The Morgan fingerprint density at radius 3 is 2.67 bits per heavy atom. The third-order valence-electron chi connectivity index (χ3n) is 3.29. The van der Waals surface area contributed by atoms with E-state index in [1.807, 2.05) is 29.0 Å². The molecule has 0 N–H and O–H groups in total. The Kier molecular flexibility index (Phi) is 2.92. The Balaban J connectivity index is 2.12. The van der Waals surface area contributed by atoms with E-state index in [9.17, 15) is 4.79 Å². The predicted octanol–water partition coefficient (Wildman–Crippen LogP) is 4.30. The average Bonchev–Trinajstić information content (AvgIpc) is 2.78. The highest BCUT2D eigenvalue weighted by Crippen LogP contribution is 2.29. The summed E-state index contributed by atoms with van der Waals surface area (Å²) in [6.07, 6.45) is 4.41. The van der Waals surface area contributed by atoms with Crippen LogP contribution in [0.2, 0.25) is 10.0 Å². The van der Waals surface area contributed by atoms with Gasteiger partial charge in [0.1, 0.15) is 0 Å². The Labute approximate surface area is 115 Å². The second kappa shape index (κ2) is 4.45. The maximum absolute atomic E-state index is 11.8. The summed E-state index contributed by atoms with van der Waals surface area (Å²) in [4.78, 5) is 11.8. The van der Waals surface area contributed by atoms with Crippen LogP contribution in [0.4, 0.5) is 0 Å². The van der Waals surface area contributed by atoms with E-state index in [2.05, 4.69) is 0 Å². The first-order valence-corrected chi connectivity index (χ1v) is 6.61. The van der Waals surface area contributed by atoms with E-state index < -0.39 is 0 Å². The van der Waals surface area contributed by atoms with Crippen molar-refractivity contribution in [2.24, 2.45) is 0 Å². The third-order valence-corrected chi connectivity index (χ3v) is 4.03. The van der Waals surface area contributed by atoms with Gasteiger partial charge in [-0.1, -0.05) is 23.2 Å². The number of carbonyl (C=O) groups is 1. The van der Waals surface area contributed by atoms with Crippen molar-refractivity contribution in [1.82, 2.24) is 4.57 Å². The molecule has 0 saturated heterocycles. The number of hydrogen-bond donors (Lipinski definition) is 0. The van der Waals surface area contributed by atoms with E-state index in [1.165, 1.54) is 0 Å². The van der Waals surface area contributed by atoms with Crippen LogP contribution in [-0.4, -0.2) is 10.4 Å². The van der Waals surface area contributed by atoms with Crippen molar-refractivity contribution in [3.8, 4) is 5.69 Å². The fraction of sp³-hybridized carbons (Fsp3) is 0.214. The van der Waals surface area contributed by atoms with Gasteiger partial charge in [-0.05, 0) is 37.1 Å². The molecule has 1 aromatic carbocycles. The molecule has 18 heavy (non-hydrogen) atoms. The summed E-state index contributed by atoms with van der Waals surface area (Å²) in [6, 6.07) is 7.40. The van der Waals surface area contributed by atoms with Gasteiger partial charge in [0.25, 0.3) is 0 Å². The van der Waals surface area contributed by atoms with Gasteiger partial charge in [-0.3, -0.25) is 4.79 Å². The van der Waals surface area contributed by atoms with Gasteiger partial charge in [0.2, 0.25) is 0 Å². The largest absolute Gasteiger partial charge is 0.320 e. The molecule has 1 aliphatic carbocycles. The van der Waals surface area contributed by atoms with E-state index in [0.717, 1.165) is 29.8 Å². The van der Waals surface area contributed by atoms with Gasteiger partial charge in [-0.15, -0.1) is 0 Å². The van der Waals surface area contributed by atoms with Crippen LogP contribution >= 0.6 is 23.2 Å². The third kappa shape index (κ3) is 1.86. The molecule has 3 rings (SSSR count). The predicted molar refractivity (Wildman–Crippen MR) is 73.1 cm³/mol. The van der Waals surface area contributed by atoms with Gasteiger partial charge >= 0.3 is 0 Å². The van der Waals surface area contributed by atoms with E-state index >= 15 is 0 Å². The maximum atomic E-state index is 11.8. The van der Waals surface area contributed by atoms with Crippen LogP contribution in [0.3, 0.4) is 0 Å². The fourth-order valence-corrected chi connectivity index (χ4v) is 2.69. The molecule has 2 aromatic rings. The summed E-state index contributed by atoms with van der Waals surface area (Å²) < 4.78 is 2.02. The van der Waals surface area contributed by atoms with E-state index in [0.29, 0.717) is 16.5 Å². The zero-order valence-electron chi connectivity index (χ0n) is 9.62. The Hall–Kier alpha value is -1.25. The molecule has 0 bridgehead atoms. The lowest BCUT2D eigenvalue weighted by Gasteiger charge is -2.15. The summed E-state index contributed by atoms with van der Waals surface area (Å²) in [5.41, 5.74) is 2.86. The molecule has 1 heterocycles. The van der Waals surface area contributed by atoms with Crippen LogP contribution in [0.1, 0.15) is 28.9 Å². The number of Topliss-reactive ketones (excluding diaryl/α,β-unsaturated/α-hetero) is 1. The van der Waals surface area contributed by atoms with Crippen molar-refractivity contribution >= 4 is 29.0 Å². The lowest BCUT2D eigenvalue weighted by molar-refractivity contribution is 0.0972. The highest BCUT2D eigenvalue weighted by molar-refractivity contribution is 6.42. The topological polar surface area (TPSA) is 22.0 Å². The molecule has 1 aliphatic rings. The minimum atomic E-state index is 0.232. The van der Waals surface area contributed by atoms with Crippen LogP contribution in [0.25, 0.3) is 5.69 Å². The number of fused-ring (bicyclic) bond motifs is 1. The normalized spacial score (nSPS) is 14.7. The first-order valence-electron chi connectivity index (χ1n) is 5.85. The second-order valence-electron chi connectivity index (χ2n) is 4.42. The summed E-state index contributed by atoms with van der Waals surface area (Å²) in [6.45, 7) is 0. The molecular formula is C14H11Cl2NO. The Bertz CT molecular complexity index is 631. The summed E-state index contributed by atoms with van der Waals surface area (Å²) in [7, 11) is 0. The maximum Gasteiger partial charge on any atom is 0.164 e. The lowest BCUT2D eigenvalue weighted by Crippen LogP contribution is -2.12. The first-order chi connectivity index (χ1) is 8.66. The number of aromatic nitrogens is 1.